The van der Waals surface area contributed by atoms with Crippen molar-refractivity contribution in [3.05, 3.63) is 206 Å². The minimum Gasteiger partial charge on any atom is -0.458 e. The van der Waals surface area contributed by atoms with Crippen LogP contribution in [0.5, 0.6) is 23.0 Å². The van der Waals surface area contributed by atoms with E-state index in [0.29, 0.717) is 0 Å². The van der Waals surface area contributed by atoms with Gasteiger partial charge in [0, 0.05) is 60.5 Å². The van der Waals surface area contributed by atoms with Crippen LogP contribution in [0.25, 0.3) is 0 Å². The summed E-state index contributed by atoms with van der Waals surface area (Å²) in [4.78, 5) is 9.59. The van der Waals surface area contributed by atoms with Gasteiger partial charge >= 0.3 is 0 Å². The molecule has 4 aliphatic heterocycles. The summed E-state index contributed by atoms with van der Waals surface area (Å²) in [5.74, 6) is 3.39. The lowest BCUT2D eigenvalue weighted by Crippen LogP contribution is -2.61. The van der Waals surface area contributed by atoms with Gasteiger partial charge in [-0.15, -0.1) is 0 Å². The SMILES string of the molecule is c1ccc(N(c2ccccc2)c2cc3c4c(c2)Sc2ccccc2B4c2cc4c(cc2O3)Oc2cc(N(c3ccccc3)c3ccccc3)cc3c2B4c2ccccc2S3)cc1. The average Bonchev–Trinajstić information content (AvgIpc) is 3.32. The van der Waals surface area contributed by atoms with Gasteiger partial charge in [-0.25, -0.2) is 0 Å². The molecule has 4 aliphatic rings. The minimum absolute atomic E-state index is 0.00999. The highest BCUT2D eigenvalue weighted by atomic mass is 32.2. The first-order chi connectivity index (χ1) is 30.7. The number of rotatable bonds is 6. The van der Waals surface area contributed by atoms with E-state index in [1.54, 1.807) is 0 Å². The number of benzene rings is 9. The Morgan fingerprint density at radius 1 is 0.290 bits per heavy atom. The summed E-state index contributed by atoms with van der Waals surface area (Å²) < 4.78 is 14.4. The molecule has 0 aliphatic carbocycles. The fraction of sp³-hybridized carbons (Fsp3) is 0. The van der Waals surface area contributed by atoms with Crippen LogP contribution in [0, 0.1) is 0 Å². The Bertz CT molecular complexity index is 2930. The van der Waals surface area contributed by atoms with Gasteiger partial charge in [-0.05, 0) is 94.6 Å². The van der Waals surface area contributed by atoms with Gasteiger partial charge < -0.3 is 19.3 Å². The number of para-hydroxylation sites is 4. The molecule has 0 saturated carbocycles. The van der Waals surface area contributed by atoms with Crippen molar-refractivity contribution in [1.82, 2.24) is 0 Å². The summed E-state index contributed by atoms with van der Waals surface area (Å²) in [6.07, 6.45) is 0. The lowest BCUT2D eigenvalue weighted by atomic mass is 9.32. The van der Waals surface area contributed by atoms with Crippen LogP contribution in [0.1, 0.15) is 0 Å². The maximum absolute atomic E-state index is 7.18. The van der Waals surface area contributed by atoms with E-state index in [0.717, 1.165) is 57.1 Å². The molecule has 62 heavy (non-hydrogen) atoms. The highest BCUT2D eigenvalue weighted by Crippen LogP contribution is 2.46. The van der Waals surface area contributed by atoms with Gasteiger partial charge in [0.25, 0.3) is 13.4 Å². The molecule has 0 amide bonds. The number of anilines is 6. The maximum Gasteiger partial charge on any atom is 0.253 e. The number of hydrogen-bond acceptors (Lipinski definition) is 6. The zero-order valence-electron chi connectivity index (χ0n) is 33.3. The van der Waals surface area contributed by atoms with E-state index in [1.165, 1.54) is 52.4 Å². The standard InChI is InChI=1S/C54H34B2N2O2S2/c1-5-17-35(18-6-1)57(36-19-7-2-8-20-36)39-29-47-53-51(31-39)61-49-27-15-13-25-41(49)55(53)43-33-44-46(34-45(43)59-47)60-48-30-40(32-52-54(48)56(44)42-26-14-16-28-50(42)62-52)58(37-21-9-3-10-22-37)38-23-11-4-12-24-38/h1-34H. The van der Waals surface area contributed by atoms with Crippen molar-refractivity contribution in [3.8, 4) is 23.0 Å². The third-order valence-corrected chi connectivity index (χ3v) is 14.7. The number of nitrogens with zero attached hydrogens (tertiary/aromatic N) is 2. The van der Waals surface area contributed by atoms with Crippen molar-refractivity contribution in [2.24, 2.45) is 0 Å². The van der Waals surface area contributed by atoms with Crippen LogP contribution in [-0.4, -0.2) is 13.4 Å². The van der Waals surface area contributed by atoms with E-state index in [4.69, 9.17) is 9.47 Å². The predicted octanol–water partition coefficient (Wildman–Crippen LogP) is 10.8. The highest BCUT2D eigenvalue weighted by molar-refractivity contribution is 8.00. The second-order valence-electron chi connectivity index (χ2n) is 16.0. The molecule has 290 valence electrons. The molecule has 0 radical (unpaired) electrons. The van der Waals surface area contributed by atoms with E-state index in [2.05, 4.69) is 216 Å². The maximum atomic E-state index is 7.18. The Morgan fingerprint density at radius 2 is 0.645 bits per heavy atom. The van der Waals surface area contributed by atoms with Crippen LogP contribution in [0.2, 0.25) is 0 Å². The van der Waals surface area contributed by atoms with Gasteiger partial charge in [0.05, 0.1) is 11.4 Å². The molecule has 0 atom stereocenters. The van der Waals surface area contributed by atoms with Crippen molar-refractivity contribution in [2.75, 3.05) is 9.80 Å². The average molecular weight is 829 g/mol. The number of ether oxygens (including phenoxy) is 2. The van der Waals surface area contributed by atoms with Crippen LogP contribution in [-0.2, 0) is 0 Å². The smallest absolute Gasteiger partial charge is 0.253 e. The number of fused-ring (bicyclic) bond motifs is 8. The monoisotopic (exact) mass is 828 g/mol. The van der Waals surface area contributed by atoms with Gasteiger partial charge in [0.2, 0.25) is 0 Å². The normalized spacial score (nSPS) is 13.2. The molecule has 13 rings (SSSR count). The lowest BCUT2D eigenvalue weighted by molar-refractivity contribution is 0.464. The summed E-state index contributed by atoms with van der Waals surface area (Å²) in [6.45, 7) is -0.0200. The van der Waals surface area contributed by atoms with Crippen molar-refractivity contribution in [1.29, 1.82) is 0 Å². The van der Waals surface area contributed by atoms with Crippen molar-refractivity contribution in [3.63, 3.8) is 0 Å². The molecule has 9 aromatic rings. The predicted molar refractivity (Wildman–Crippen MR) is 259 cm³/mol. The fourth-order valence-electron chi connectivity index (χ4n) is 9.82. The Balaban J connectivity index is 0.997. The zero-order valence-corrected chi connectivity index (χ0v) is 34.9. The largest absolute Gasteiger partial charge is 0.458 e. The molecule has 0 unspecified atom stereocenters. The second kappa shape index (κ2) is 14.3. The van der Waals surface area contributed by atoms with Gasteiger partial charge in [0.15, 0.2) is 0 Å². The summed E-state index contributed by atoms with van der Waals surface area (Å²) in [5, 5.41) is 0. The summed E-state index contributed by atoms with van der Waals surface area (Å²) >= 11 is 3.67. The lowest BCUT2D eigenvalue weighted by Gasteiger charge is -2.38. The molecule has 0 saturated heterocycles. The Morgan fingerprint density at radius 3 is 1.03 bits per heavy atom. The molecule has 0 spiro atoms. The van der Waals surface area contributed by atoms with Crippen molar-refractivity contribution < 1.29 is 9.47 Å². The molecular weight excluding hydrogens is 794 g/mol. The van der Waals surface area contributed by atoms with Crippen LogP contribution in [0.15, 0.2) is 226 Å². The Labute approximate surface area is 370 Å². The minimum atomic E-state index is -0.00999. The molecule has 9 aromatic carbocycles. The van der Waals surface area contributed by atoms with Crippen molar-refractivity contribution >= 4 is 104 Å². The molecular formula is C54H34B2N2O2S2. The third-order valence-electron chi connectivity index (χ3n) is 12.4. The quantitative estimate of drug-likeness (QED) is 0.155. The Hall–Kier alpha value is -6.99. The molecule has 4 nitrogen and oxygen atoms in total. The van der Waals surface area contributed by atoms with Crippen LogP contribution in [0.3, 0.4) is 0 Å². The summed E-state index contributed by atoms with van der Waals surface area (Å²) in [7, 11) is 0. The van der Waals surface area contributed by atoms with Gasteiger partial charge in [-0.1, -0.05) is 150 Å². The van der Waals surface area contributed by atoms with E-state index < -0.39 is 0 Å². The van der Waals surface area contributed by atoms with E-state index in [1.807, 2.05) is 23.5 Å². The van der Waals surface area contributed by atoms with E-state index in [-0.39, 0.29) is 13.4 Å². The topological polar surface area (TPSA) is 24.9 Å². The van der Waals surface area contributed by atoms with E-state index in [9.17, 15) is 0 Å². The first-order valence-corrected chi connectivity index (χ1v) is 22.6. The molecule has 0 fully saturated rings. The first kappa shape index (κ1) is 35.7. The molecule has 8 heteroatoms. The third kappa shape index (κ3) is 5.67. The highest BCUT2D eigenvalue weighted by Gasteiger charge is 2.44. The van der Waals surface area contributed by atoms with Crippen LogP contribution < -0.4 is 52.1 Å². The van der Waals surface area contributed by atoms with Crippen LogP contribution >= 0.6 is 23.5 Å². The first-order valence-electron chi connectivity index (χ1n) is 21.0. The van der Waals surface area contributed by atoms with Gasteiger partial charge in [-0.2, -0.15) is 0 Å². The Kier molecular flexibility index (Phi) is 8.24. The fourth-order valence-corrected chi connectivity index (χ4v) is 12.2. The zero-order chi connectivity index (χ0) is 40.7. The van der Waals surface area contributed by atoms with Gasteiger partial charge in [-0.3, -0.25) is 0 Å². The van der Waals surface area contributed by atoms with E-state index >= 15 is 0 Å². The molecule has 4 heterocycles. The van der Waals surface area contributed by atoms with Crippen LogP contribution in [0.4, 0.5) is 34.1 Å². The summed E-state index contributed by atoms with van der Waals surface area (Å²) in [6, 6.07) is 73.9. The van der Waals surface area contributed by atoms with Crippen molar-refractivity contribution in [2.45, 2.75) is 19.6 Å². The second-order valence-corrected chi connectivity index (χ2v) is 18.2. The number of hydrogen-bond donors (Lipinski definition) is 0. The molecule has 0 bridgehead atoms. The van der Waals surface area contributed by atoms with Gasteiger partial charge in [0.1, 0.15) is 23.0 Å². The molecule has 0 aromatic heterocycles. The summed E-state index contributed by atoms with van der Waals surface area (Å²) in [5.41, 5.74) is 13.8. The molecule has 0 N–H and O–H groups in total.